The van der Waals surface area contributed by atoms with Crippen LogP contribution in [0.2, 0.25) is 0 Å². The average molecular weight is 284 g/mol. The van der Waals surface area contributed by atoms with Gasteiger partial charge in [0.15, 0.2) is 0 Å². The van der Waals surface area contributed by atoms with Crippen LogP contribution in [0.25, 0.3) is 0 Å². The van der Waals surface area contributed by atoms with Crippen LogP contribution in [0.1, 0.15) is 31.2 Å². The zero-order valence-electron chi connectivity index (χ0n) is 11.9. The Kier molecular flexibility index (Phi) is 5.63. The third kappa shape index (κ3) is 4.02. The number of aliphatic hydroxyl groups is 1. The maximum atomic E-state index is 11.7. The van der Waals surface area contributed by atoms with Crippen molar-refractivity contribution in [1.29, 1.82) is 0 Å². The highest BCUT2D eigenvalue weighted by Crippen LogP contribution is 2.21. The van der Waals surface area contributed by atoms with Gasteiger partial charge >= 0.3 is 5.69 Å². The summed E-state index contributed by atoms with van der Waals surface area (Å²) in [4.78, 5) is 22.1. The van der Waals surface area contributed by atoms with E-state index < -0.39 is 11.0 Å². The van der Waals surface area contributed by atoms with E-state index in [4.69, 9.17) is 0 Å². The smallest absolute Gasteiger partial charge is 0.312 e. The van der Waals surface area contributed by atoms with Gasteiger partial charge in [0.2, 0.25) is 5.91 Å². The van der Waals surface area contributed by atoms with E-state index in [2.05, 4.69) is 10.4 Å². The predicted octanol–water partition coefficient (Wildman–Crippen LogP) is 0.685. The largest absolute Gasteiger partial charge is 0.393 e. The van der Waals surface area contributed by atoms with Crippen molar-refractivity contribution >= 4 is 11.6 Å². The van der Waals surface area contributed by atoms with E-state index in [1.165, 1.54) is 11.6 Å². The third-order valence-corrected chi connectivity index (χ3v) is 3.09. The molecule has 0 saturated carbocycles. The maximum Gasteiger partial charge on any atom is 0.312 e. The number of nitrogens with one attached hydrogen (secondary N) is 1. The third-order valence-electron chi connectivity index (χ3n) is 3.09. The van der Waals surface area contributed by atoms with Gasteiger partial charge in [-0.3, -0.25) is 19.6 Å². The summed E-state index contributed by atoms with van der Waals surface area (Å²) >= 11 is 0. The minimum absolute atomic E-state index is 0.0563. The van der Waals surface area contributed by atoms with Gasteiger partial charge in [-0.05, 0) is 26.7 Å². The minimum Gasteiger partial charge on any atom is -0.393 e. The van der Waals surface area contributed by atoms with E-state index in [1.807, 2.05) is 6.92 Å². The Labute approximate surface area is 116 Å². The number of nitro groups is 1. The van der Waals surface area contributed by atoms with Crippen LogP contribution >= 0.6 is 0 Å². The van der Waals surface area contributed by atoms with Gasteiger partial charge in [-0.15, -0.1) is 0 Å². The number of aryl methyl sites for hydroxylation is 1. The Hall–Kier alpha value is -1.96. The molecule has 0 aliphatic heterocycles. The molecule has 0 bridgehead atoms. The fourth-order valence-electron chi connectivity index (χ4n) is 1.88. The number of amides is 1. The molecule has 1 aromatic rings. The zero-order chi connectivity index (χ0) is 15.3. The molecule has 0 saturated heterocycles. The lowest BCUT2D eigenvalue weighted by atomic mass is 10.2. The van der Waals surface area contributed by atoms with Gasteiger partial charge in [-0.25, -0.2) is 0 Å². The second-order valence-electron chi connectivity index (χ2n) is 4.63. The van der Waals surface area contributed by atoms with Gasteiger partial charge in [-0.1, -0.05) is 6.92 Å². The van der Waals surface area contributed by atoms with Crippen LogP contribution in [0.15, 0.2) is 0 Å². The minimum atomic E-state index is -0.496. The van der Waals surface area contributed by atoms with Gasteiger partial charge in [0.1, 0.15) is 17.9 Å². The van der Waals surface area contributed by atoms with E-state index in [0.717, 1.165) is 0 Å². The van der Waals surface area contributed by atoms with Crippen LogP contribution < -0.4 is 5.32 Å². The molecule has 0 aliphatic carbocycles. The molecule has 0 aromatic carbocycles. The summed E-state index contributed by atoms with van der Waals surface area (Å²) in [5, 5.41) is 26.9. The molecular weight excluding hydrogens is 264 g/mol. The highest BCUT2D eigenvalue weighted by molar-refractivity contribution is 5.75. The van der Waals surface area contributed by atoms with Gasteiger partial charge < -0.3 is 10.4 Å². The van der Waals surface area contributed by atoms with Crippen molar-refractivity contribution in [1.82, 2.24) is 15.1 Å². The summed E-state index contributed by atoms with van der Waals surface area (Å²) in [5.41, 5.74) is 0.595. The molecule has 1 atom stereocenters. The number of nitrogens with zero attached hydrogens (tertiary/aromatic N) is 3. The summed E-state index contributed by atoms with van der Waals surface area (Å²) < 4.78 is 1.32. The van der Waals surface area contributed by atoms with Crippen molar-refractivity contribution in [3.8, 4) is 0 Å². The summed E-state index contributed by atoms with van der Waals surface area (Å²) in [6.07, 6.45) is 0.698. The molecule has 1 unspecified atom stereocenters. The Bertz CT molecular complexity index is 498. The number of hydrogen-bond donors (Lipinski definition) is 2. The normalized spacial score (nSPS) is 12.2. The predicted molar refractivity (Wildman–Crippen MR) is 72.3 cm³/mol. The molecule has 20 heavy (non-hydrogen) atoms. The monoisotopic (exact) mass is 284 g/mol. The fourth-order valence-corrected chi connectivity index (χ4v) is 1.88. The van der Waals surface area contributed by atoms with Crippen molar-refractivity contribution in [2.24, 2.45) is 0 Å². The van der Waals surface area contributed by atoms with Crippen molar-refractivity contribution in [3.05, 3.63) is 21.5 Å². The molecule has 1 amide bonds. The lowest BCUT2D eigenvalue weighted by Gasteiger charge is -2.09. The Morgan fingerprint density at radius 1 is 1.55 bits per heavy atom. The van der Waals surface area contributed by atoms with Crippen molar-refractivity contribution in [3.63, 3.8) is 0 Å². The van der Waals surface area contributed by atoms with Crippen LogP contribution in [0.5, 0.6) is 0 Å². The SMILES string of the molecule is CCC(O)CCNC(=O)Cn1nc(C)c([N+](=O)[O-])c1C. The van der Waals surface area contributed by atoms with Crippen molar-refractivity contribution in [2.45, 2.75) is 46.3 Å². The number of aromatic nitrogens is 2. The van der Waals surface area contributed by atoms with Crippen molar-refractivity contribution < 1.29 is 14.8 Å². The molecule has 8 nitrogen and oxygen atoms in total. The Morgan fingerprint density at radius 2 is 2.20 bits per heavy atom. The maximum absolute atomic E-state index is 11.7. The molecule has 0 aliphatic rings. The van der Waals surface area contributed by atoms with Crippen molar-refractivity contribution in [2.75, 3.05) is 6.54 Å². The number of rotatable bonds is 7. The number of carbonyl (C=O) groups is 1. The fraction of sp³-hybridized carbons (Fsp3) is 0.667. The molecule has 0 spiro atoms. The average Bonchev–Trinajstić information content (AvgIpc) is 2.63. The molecule has 1 heterocycles. The van der Waals surface area contributed by atoms with E-state index >= 15 is 0 Å². The molecule has 2 N–H and O–H groups in total. The number of hydrogen-bond acceptors (Lipinski definition) is 5. The lowest BCUT2D eigenvalue weighted by molar-refractivity contribution is -0.386. The van der Waals surface area contributed by atoms with Crippen LogP contribution in [-0.2, 0) is 11.3 Å². The standard InChI is InChI=1S/C12H20N4O4/c1-4-10(17)5-6-13-11(18)7-15-9(3)12(16(19)20)8(2)14-15/h10,17H,4-7H2,1-3H3,(H,13,18). The first kappa shape index (κ1) is 16.1. The molecule has 0 fully saturated rings. The first-order chi connectivity index (χ1) is 9.36. The van der Waals surface area contributed by atoms with Gasteiger partial charge in [0.05, 0.1) is 11.0 Å². The van der Waals surface area contributed by atoms with Gasteiger partial charge in [-0.2, -0.15) is 5.10 Å². The summed E-state index contributed by atoms with van der Waals surface area (Å²) in [7, 11) is 0. The van der Waals surface area contributed by atoms with E-state index in [1.54, 1.807) is 6.92 Å². The van der Waals surface area contributed by atoms with Crippen LogP contribution in [0.4, 0.5) is 5.69 Å². The van der Waals surface area contributed by atoms with E-state index in [0.29, 0.717) is 30.8 Å². The molecule has 8 heteroatoms. The highest BCUT2D eigenvalue weighted by atomic mass is 16.6. The molecule has 1 rings (SSSR count). The van der Waals surface area contributed by atoms with Gasteiger partial charge in [0, 0.05) is 6.54 Å². The molecule has 1 aromatic heterocycles. The second kappa shape index (κ2) is 6.99. The van der Waals surface area contributed by atoms with Crippen LogP contribution in [-0.4, -0.2) is 38.4 Å². The topological polar surface area (TPSA) is 110 Å². The summed E-state index contributed by atoms with van der Waals surface area (Å²) in [6, 6.07) is 0. The van der Waals surface area contributed by atoms with Gasteiger partial charge in [0.25, 0.3) is 0 Å². The lowest BCUT2D eigenvalue weighted by Crippen LogP contribution is -2.30. The van der Waals surface area contributed by atoms with Crippen LogP contribution in [0.3, 0.4) is 0 Å². The number of carbonyl (C=O) groups excluding carboxylic acids is 1. The Morgan fingerprint density at radius 3 is 2.70 bits per heavy atom. The zero-order valence-corrected chi connectivity index (χ0v) is 11.9. The van der Waals surface area contributed by atoms with E-state index in [-0.39, 0.29) is 18.1 Å². The molecule has 0 radical (unpaired) electrons. The van der Waals surface area contributed by atoms with Crippen LogP contribution in [0, 0.1) is 24.0 Å². The first-order valence-corrected chi connectivity index (χ1v) is 6.50. The highest BCUT2D eigenvalue weighted by Gasteiger charge is 2.22. The molecular formula is C12H20N4O4. The Balaban J connectivity index is 2.59. The number of aliphatic hydroxyl groups excluding tert-OH is 1. The second-order valence-corrected chi connectivity index (χ2v) is 4.63. The quantitative estimate of drug-likeness (QED) is 0.565. The first-order valence-electron chi connectivity index (χ1n) is 6.50. The summed E-state index contributed by atoms with van der Waals surface area (Å²) in [5.74, 6) is -0.284. The summed E-state index contributed by atoms with van der Waals surface area (Å²) in [6.45, 7) is 5.27. The molecule has 112 valence electrons. The van der Waals surface area contributed by atoms with E-state index in [9.17, 15) is 20.0 Å².